The van der Waals surface area contributed by atoms with Crippen molar-refractivity contribution in [1.82, 2.24) is 15.1 Å². The lowest BCUT2D eigenvalue weighted by molar-refractivity contribution is 0.0418. The molecule has 1 N–H and O–H groups in total. The summed E-state index contributed by atoms with van der Waals surface area (Å²) in [6, 6.07) is 14.4. The van der Waals surface area contributed by atoms with Crippen LogP contribution in [0.15, 0.2) is 48.5 Å². The summed E-state index contributed by atoms with van der Waals surface area (Å²) in [4.78, 5) is 16.0. The van der Waals surface area contributed by atoms with Gasteiger partial charge in [-0.1, -0.05) is 36.4 Å². The summed E-state index contributed by atoms with van der Waals surface area (Å²) in [5.41, 5.74) is 2.28. The van der Waals surface area contributed by atoms with Crippen LogP contribution in [0.25, 0.3) is 0 Å². The standard InChI is InChI=1S/C20H24FN3O2/c1-23(2)12-16-7-5-6-15(10-16)11-22-20(25)24-13-17(14-24)26-19-9-4-3-8-18(19)21/h3-10,17H,11-14H2,1-2H3,(H,22,25). The largest absolute Gasteiger partial charge is 0.484 e. The number of ether oxygens (including phenoxy) is 1. The highest BCUT2D eigenvalue weighted by molar-refractivity contribution is 5.75. The number of carbonyl (C=O) groups excluding carboxylic acids is 1. The van der Waals surface area contributed by atoms with Gasteiger partial charge in [-0.05, 0) is 37.4 Å². The van der Waals surface area contributed by atoms with Crippen molar-refractivity contribution in [2.75, 3.05) is 27.2 Å². The number of halogens is 1. The van der Waals surface area contributed by atoms with Crippen LogP contribution >= 0.6 is 0 Å². The molecule has 1 fully saturated rings. The Morgan fingerprint density at radius 3 is 2.65 bits per heavy atom. The molecule has 0 aliphatic carbocycles. The van der Waals surface area contributed by atoms with Crippen LogP contribution in [0.3, 0.4) is 0 Å². The van der Waals surface area contributed by atoms with Gasteiger partial charge in [0, 0.05) is 13.1 Å². The number of carbonyl (C=O) groups is 1. The molecule has 26 heavy (non-hydrogen) atoms. The zero-order chi connectivity index (χ0) is 18.5. The van der Waals surface area contributed by atoms with Gasteiger partial charge in [0.05, 0.1) is 13.1 Å². The molecule has 0 spiro atoms. The zero-order valence-corrected chi connectivity index (χ0v) is 15.1. The van der Waals surface area contributed by atoms with Gasteiger partial charge in [0.2, 0.25) is 0 Å². The summed E-state index contributed by atoms with van der Waals surface area (Å²) in [6.07, 6.45) is -0.166. The Hall–Kier alpha value is -2.60. The highest BCUT2D eigenvalue weighted by Gasteiger charge is 2.32. The van der Waals surface area contributed by atoms with E-state index in [1.165, 1.54) is 11.6 Å². The summed E-state index contributed by atoms with van der Waals surface area (Å²) in [5, 5.41) is 2.92. The van der Waals surface area contributed by atoms with E-state index < -0.39 is 0 Å². The maximum absolute atomic E-state index is 13.6. The van der Waals surface area contributed by atoms with Gasteiger partial charge in [-0.2, -0.15) is 0 Å². The Labute approximate surface area is 153 Å². The molecule has 1 aliphatic rings. The predicted molar refractivity (Wildman–Crippen MR) is 98.5 cm³/mol. The maximum Gasteiger partial charge on any atom is 0.317 e. The van der Waals surface area contributed by atoms with E-state index in [2.05, 4.69) is 22.3 Å². The van der Waals surface area contributed by atoms with Crippen molar-refractivity contribution >= 4 is 6.03 Å². The van der Waals surface area contributed by atoms with Crippen LogP contribution in [0.2, 0.25) is 0 Å². The first-order valence-electron chi connectivity index (χ1n) is 8.68. The molecule has 3 rings (SSSR count). The fourth-order valence-electron chi connectivity index (χ4n) is 2.89. The fourth-order valence-corrected chi connectivity index (χ4v) is 2.89. The molecule has 6 heteroatoms. The number of rotatable bonds is 6. The number of amides is 2. The second kappa shape index (κ2) is 8.19. The Morgan fingerprint density at radius 1 is 1.19 bits per heavy atom. The van der Waals surface area contributed by atoms with Crippen LogP contribution in [0.4, 0.5) is 9.18 Å². The number of likely N-dealkylation sites (tertiary alicyclic amines) is 1. The minimum atomic E-state index is -0.381. The third-order valence-electron chi connectivity index (χ3n) is 4.20. The van der Waals surface area contributed by atoms with Crippen LogP contribution in [-0.2, 0) is 13.1 Å². The van der Waals surface area contributed by atoms with Gasteiger partial charge in [0.25, 0.3) is 0 Å². The molecule has 2 aromatic rings. The van der Waals surface area contributed by atoms with Crippen LogP contribution < -0.4 is 10.1 Å². The molecule has 0 unspecified atom stereocenters. The first-order chi connectivity index (χ1) is 12.5. The van der Waals surface area contributed by atoms with Crippen LogP contribution in [0, 0.1) is 5.82 Å². The number of para-hydroxylation sites is 1. The van der Waals surface area contributed by atoms with Gasteiger partial charge >= 0.3 is 6.03 Å². The molecule has 2 aromatic carbocycles. The number of hydrogen-bond acceptors (Lipinski definition) is 3. The molecule has 0 aromatic heterocycles. The number of benzene rings is 2. The minimum Gasteiger partial charge on any atom is -0.484 e. The third-order valence-corrected chi connectivity index (χ3v) is 4.20. The van der Waals surface area contributed by atoms with Crippen molar-refractivity contribution in [3.05, 3.63) is 65.5 Å². The van der Waals surface area contributed by atoms with E-state index in [1.54, 1.807) is 23.1 Å². The average Bonchev–Trinajstić information content (AvgIpc) is 2.57. The van der Waals surface area contributed by atoms with Gasteiger partial charge < -0.3 is 19.9 Å². The van der Waals surface area contributed by atoms with Gasteiger partial charge in [-0.15, -0.1) is 0 Å². The topological polar surface area (TPSA) is 44.8 Å². The number of hydrogen-bond donors (Lipinski definition) is 1. The monoisotopic (exact) mass is 357 g/mol. The molecular formula is C20H24FN3O2. The van der Waals surface area contributed by atoms with Crippen molar-refractivity contribution < 1.29 is 13.9 Å². The van der Waals surface area contributed by atoms with E-state index in [0.29, 0.717) is 19.6 Å². The van der Waals surface area contributed by atoms with Crippen molar-refractivity contribution in [3.8, 4) is 5.75 Å². The Bertz CT molecular complexity index is 760. The van der Waals surface area contributed by atoms with E-state index in [0.717, 1.165) is 12.1 Å². The van der Waals surface area contributed by atoms with Crippen molar-refractivity contribution in [1.29, 1.82) is 0 Å². The summed E-state index contributed by atoms with van der Waals surface area (Å²) < 4.78 is 19.1. The van der Waals surface area contributed by atoms with Crippen LogP contribution in [0.1, 0.15) is 11.1 Å². The lowest BCUT2D eigenvalue weighted by atomic mass is 10.1. The fraction of sp³-hybridized carbons (Fsp3) is 0.350. The highest BCUT2D eigenvalue weighted by atomic mass is 19.1. The van der Waals surface area contributed by atoms with Crippen LogP contribution in [0.5, 0.6) is 5.75 Å². The molecule has 5 nitrogen and oxygen atoms in total. The second-order valence-electron chi connectivity index (χ2n) is 6.79. The molecule has 0 atom stereocenters. The summed E-state index contributed by atoms with van der Waals surface area (Å²) in [5.74, 6) is -0.150. The van der Waals surface area contributed by atoms with Gasteiger partial charge in [-0.3, -0.25) is 0 Å². The lowest BCUT2D eigenvalue weighted by Gasteiger charge is -2.38. The van der Waals surface area contributed by atoms with E-state index in [9.17, 15) is 9.18 Å². The van der Waals surface area contributed by atoms with Gasteiger partial charge in [-0.25, -0.2) is 9.18 Å². The van der Waals surface area contributed by atoms with E-state index in [4.69, 9.17) is 4.74 Å². The Morgan fingerprint density at radius 2 is 1.92 bits per heavy atom. The first kappa shape index (κ1) is 18.2. The highest BCUT2D eigenvalue weighted by Crippen LogP contribution is 2.21. The molecule has 1 aliphatic heterocycles. The average molecular weight is 357 g/mol. The van der Waals surface area contributed by atoms with E-state index in [-0.39, 0.29) is 23.7 Å². The summed E-state index contributed by atoms with van der Waals surface area (Å²) in [6.45, 7) is 2.26. The van der Waals surface area contributed by atoms with Crippen LogP contribution in [-0.4, -0.2) is 49.1 Å². The van der Waals surface area contributed by atoms with Crippen molar-refractivity contribution in [3.63, 3.8) is 0 Å². The predicted octanol–water partition coefficient (Wildman–Crippen LogP) is 2.86. The van der Waals surface area contributed by atoms with E-state index >= 15 is 0 Å². The van der Waals surface area contributed by atoms with Gasteiger partial charge in [0.15, 0.2) is 11.6 Å². The van der Waals surface area contributed by atoms with Crippen molar-refractivity contribution in [2.45, 2.75) is 19.2 Å². The minimum absolute atomic E-state index is 0.128. The van der Waals surface area contributed by atoms with Gasteiger partial charge in [0.1, 0.15) is 6.10 Å². The lowest BCUT2D eigenvalue weighted by Crippen LogP contribution is -2.58. The van der Waals surface area contributed by atoms with E-state index in [1.807, 2.05) is 26.2 Å². The summed E-state index contributed by atoms with van der Waals surface area (Å²) in [7, 11) is 4.05. The quantitative estimate of drug-likeness (QED) is 0.865. The number of nitrogens with zero attached hydrogens (tertiary/aromatic N) is 2. The number of nitrogens with one attached hydrogen (secondary N) is 1. The maximum atomic E-state index is 13.6. The van der Waals surface area contributed by atoms with Crippen molar-refractivity contribution in [2.24, 2.45) is 0 Å². The molecule has 1 heterocycles. The summed E-state index contributed by atoms with van der Waals surface area (Å²) >= 11 is 0. The SMILES string of the molecule is CN(C)Cc1cccc(CNC(=O)N2CC(Oc3ccccc3F)C2)c1. The number of urea groups is 1. The molecule has 1 saturated heterocycles. The first-order valence-corrected chi connectivity index (χ1v) is 8.68. The smallest absolute Gasteiger partial charge is 0.317 e. The molecule has 0 radical (unpaired) electrons. The molecular weight excluding hydrogens is 333 g/mol. The second-order valence-corrected chi connectivity index (χ2v) is 6.79. The molecule has 0 bridgehead atoms. The molecule has 2 amide bonds. The Balaban J connectivity index is 1.43. The zero-order valence-electron chi connectivity index (χ0n) is 15.1. The Kier molecular flexibility index (Phi) is 5.73. The third kappa shape index (κ3) is 4.73. The molecule has 0 saturated carbocycles. The normalized spacial score (nSPS) is 14.2. The molecule has 138 valence electrons.